The second kappa shape index (κ2) is 7.62. The third kappa shape index (κ3) is 5.11. The molecule has 0 saturated carbocycles. The van der Waals surface area contributed by atoms with E-state index in [0.717, 1.165) is 12.8 Å². The van der Waals surface area contributed by atoms with Crippen LogP contribution in [0.2, 0.25) is 0 Å². The number of hydrogen-bond acceptors (Lipinski definition) is 3. The van der Waals surface area contributed by atoms with Crippen LogP contribution in [0.25, 0.3) is 0 Å². The van der Waals surface area contributed by atoms with E-state index >= 15 is 0 Å². The molecule has 0 unspecified atom stereocenters. The van der Waals surface area contributed by atoms with E-state index in [1.165, 1.54) is 0 Å². The quantitative estimate of drug-likeness (QED) is 0.547. The molecule has 0 amide bonds. The summed E-state index contributed by atoms with van der Waals surface area (Å²) in [7, 11) is 0. The summed E-state index contributed by atoms with van der Waals surface area (Å²) in [5.74, 6) is 0.631. The molecule has 0 N–H and O–H groups in total. The van der Waals surface area contributed by atoms with Gasteiger partial charge in [-0.15, -0.1) is 0 Å². The SMILES string of the molecule is CC(C)CCCOCC(=O)c1ccc(C#N)cc1. The molecule has 0 saturated heterocycles. The van der Waals surface area contributed by atoms with E-state index in [-0.39, 0.29) is 12.4 Å². The Kier molecular flexibility index (Phi) is 6.10. The van der Waals surface area contributed by atoms with E-state index < -0.39 is 0 Å². The van der Waals surface area contributed by atoms with Crippen molar-refractivity contribution in [3.05, 3.63) is 35.4 Å². The highest BCUT2D eigenvalue weighted by Crippen LogP contribution is 2.06. The predicted molar refractivity (Wildman–Crippen MR) is 70.4 cm³/mol. The normalized spacial score (nSPS) is 10.3. The van der Waals surface area contributed by atoms with E-state index in [1.807, 2.05) is 6.07 Å². The molecule has 0 heterocycles. The summed E-state index contributed by atoms with van der Waals surface area (Å²) in [4.78, 5) is 11.7. The number of rotatable bonds is 7. The van der Waals surface area contributed by atoms with Gasteiger partial charge >= 0.3 is 0 Å². The minimum Gasteiger partial charge on any atom is -0.373 e. The lowest BCUT2D eigenvalue weighted by Gasteiger charge is -2.05. The molecular formula is C15H19NO2. The topological polar surface area (TPSA) is 50.1 Å². The number of nitrogens with zero attached hydrogens (tertiary/aromatic N) is 1. The Labute approximate surface area is 108 Å². The molecule has 0 spiro atoms. The smallest absolute Gasteiger partial charge is 0.188 e. The first-order chi connectivity index (χ1) is 8.63. The van der Waals surface area contributed by atoms with Crippen molar-refractivity contribution in [3.8, 4) is 6.07 Å². The van der Waals surface area contributed by atoms with E-state index in [9.17, 15) is 4.79 Å². The summed E-state index contributed by atoms with van der Waals surface area (Å²) in [6.07, 6.45) is 2.10. The van der Waals surface area contributed by atoms with Crippen LogP contribution in [0.4, 0.5) is 0 Å². The third-order valence-electron chi connectivity index (χ3n) is 2.64. The number of hydrogen-bond donors (Lipinski definition) is 0. The third-order valence-corrected chi connectivity index (χ3v) is 2.64. The van der Waals surface area contributed by atoms with E-state index in [1.54, 1.807) is 24.3 Å². The average molecular weight is 245 g/mol. The van der Waals surface area contributed by atoms with Crippen LogP contribution in [0.3, 0.4) is 0 Å². The molecule has 0 aliphatic heterocycles. The lowest BCUT2D eigenvalue weighted by Crippen LogP contribution is -2.10. The van der Waals surface area contributed by atoms with Gasteiger partial charge in [-0.1, -0.05) is 26.0 Å². The summed E-state index contributed by atoms with van der Waals surface area (Å²) in [6, 6.07) is 8.64. The van der Waals surface area contributed by atoms with Gasteiger partial charge in [0.05, 0.1) is 11.6 Å². The highest BCUT2D eigenvalue weighted by atomic mass is 16.5. The van der Waals surface area contributed by atoms with Crippen LogP contribution in [0.15, 0.2) is 24.3 Å². The highest BCUT2D eigenvalue weighted by molar-refractivity contribution is 5.97. The Bertz CT molecular complexity index is 415. The van der Waals surface area contributed by atoms with Gasteiger partial charge in [-0.05, 0) is 30.9 Å². The zero-order chi connectivity index (χ0) is 13.4. The lowest BCUT2D eigenvalue weighted by molar-refractivity contribution is 0.0749. The van der Waals surface area contributed by atoms with Crippen LogP contribution < -0.4 is 0 Å². The first-order valence-electron chi connectivity index (χ1n) is 6.24. The van der Waals surface area contributed by atoms with E-state index in [2.05, 4.69) is 13.8 Å². The molecule has 1 aromatic rings. The summed E-state index contributed by atoms with van der Waals surface area (Å²) in [5, 5.41) is 8.65. The summed E-state index contributed by atoms with van der Waals surface area (Å²) < 4.78 is 5.34. The molecule has 3 nitrogen and oxygen atoms in total. The van der Waals surface area contributed by atoms with Crippen molar-refractivity contribution in [2.24, 2.45) is 5.92 Å². The lowest BCUT2D eigenvalue weighted by atomic mass is 10.1. The Morgan fingerprint density at radius 3 is 2.56 bits per heavy atom. The minimum absolute atomic E-state index is 0.0379. The van der Waals surface area contributed by atoms with E-state index in [0.29, 0.717) is 23.7 Å². The number of benzene rings is 1. The molecular weight excluding hydrogens is 226 g/mol. The summed E-state index contributed by atoms with van der Waals surface area (Å²) >= 11 is 0. The van der Waals surface area contributed by atoms with Gasteiger partial charge in [-0.25, -0.2) is 0 Å². The maximum Gasteiger partial charge on any atom is 0.188 e. The van der Waals surface area contributed by atoms with Crippen LogP contribution >= 0.6 is 0 Å². The van der Waals surface area contributed by atoms with Gasteiger partial charge in [-0.3, -0.25) is 4.79 Å². The first kappa shape index (κ1) is 14.4. The Balaban J connectivity index is 2.30. The first-order valence-corrected chi connectivity index (χ1v) is 6.24. The number of Topliss-reactive ketones (excluding diaryl/α,β-unsaturated/α-hetero) is 1. The number of ether oxygens (including phenoxy) is 1. The molecule has 0 radical (unpaired) electrons. The molecule has 3 heteroatoms. The molecule has 0 bridgehead atoms. The van der Waals surface area contributed by atoms with Crippen molar-refractivity contribution in [2.75, 3.05) is 13.2 Å². The van der Waals surface area contributed by atoms with Crippen molar-refractivity contribution in [1.29, 1.82) is 5.26 Å². The van der Waals surface area contributed by atoms with Crippen LogP contribution in [0, 0.1) is 17.2 Å². The number of carbonyl (C=O) groups excluding carboxylic acids is 1. The molecule has 96 valence electrons. The fourth-order valence-electron chi connectivity index (χ4n) is 1.57. The molecule has 0 aliphatic rings. The largest absolute Gasteiger partial charge is 0.373 e. The Morgan fingerprint density at radius 2 is 2.00 bits per heavy atom. The van der Waals surface area contributed by atoms with Crippen LogP contribution in [-0.2, 0) is 4.74 Å². The van der Waals surface area contributed by atoms with Gasteiger partial charge in [0.2, 0.25) is 0 Å². The minimum atomic E-state index is -0.0379. The van der Waals surface area contributed by atoms with Crippen molar-refractivity contribution in [1.82, 2.24) is 0 Å². The van der Waals surface area contributed by atoms with Gasteiger partial charge in [0.25, 0.3) is 0 Å². The van der Waals surface area contributed by atoms with Crippen LogP contribution in [0.1, 0.15) is 42.6 Å². The summed E-state index contributed by atoms with van der Waals surface area (Å²) in [5.41, 5.74) is 1.15. The second-order valence-electron chi connectivity index (χ2n) is 4.70. The van der Waals surface area contributed by atoms with Gasteiger partial charge in [0, 0.05) is 12.2 Å². The molecule has 0 aromatic heterocycles. The zero-order valence-electron chi connectivity index (χ0n) is 11.0. The molecule has 0 aliphatic carbocycles. The monoisotopic (exact) mass is 245 g/mol. The zero-order valence-corrected chi connectivity index (χ0v) is 11.0. The molecule has 1 aromatic carbocycles. The highest BCUT2D eigenvalue weighted by Gasteiger charge is 2.05. The van der Waals surface area contributed by atoms with Crippen molar-refractivity contribution >= 4 is 5.78 Å². The van der Waals surface area contributed by atoms with Crippen LogP contribution in [-0.4, -0.2) is 19.0 Å². The van der Waals surface area contributed by atoms with Gasteiger partial charge in [-0.2, -0.15) is 5.26 Å². The molecule has 1 rings (SSSR count). The van der Waals surface area contributed by atoms with Crippen molar-refractivity contribution in [3.63, 3.8) is 0 Å². The maximum absolute atomic E-state index is 11.7. The molecule has 0 atom stereocenters. The number of carbonyl (C=O) groups is 1. The van der Waals surface area contributed by atoms with Gasteiger partial charge in [0.1, 0.15) is 6.61 Å². The fourth-order valence-corrected chi connectivity index (χ4v) is 1.57. The summed E-state index contributed by atoms with van der Waals surface area (Å²) in [6.45, 7) is 5.08. The maximum atomic E-state index is 11.7. The number of ketones is 1. The second-order valence-corrected chi connectivity index (χ2v) is 4.70. The predicted octanol–water partition coefficient (Wildman–Crippen LogP) is 3.19. The van der Waals surface area contributed by atoms with Crippen LogP contribution in [0.5, 0.6) is 0 Å². The standard InChI is InChI=1S/C15H19NO2/c1-12(2)4-3-9-18-11-15(17)14-7-5-13(10-16)6-8-14/h5-8,12H,3-4,9,11H2,1-2H3. The molecule has 18 heavy (non-hydrogen) atoms. The van der Waals surface area contributed by atoms with E-state index in [4.69, 9.17) is 10.00 Å². The van der Waals surface area contributed by atoms with Gasteiger partial charge in [0.15, 0.2) is 5.78 Å². The van der Waals surface area contributed by atoms with Crippen molar-refractivity contribution < 1.29 is 9.53 Å². The number of nitriles is 1. The van der Waals surface area contributed by atoms with Crippen molar-refractivity contribution in [2.45, 2.75) is 26.7 Å². The Hall–Kier alpha value is -1.66. The van der Waals surface area contributed by atoms with Gasteiger partial charge < -0.3 is 4.74 Å². The fraction of sp³-hybridized carbons (Fsp3) is 0.467. The Morgan fingerprint density at radius 1 is 1.33 bits per heavy atom. The average Bonchev–Trinajstić information content (AvgIpc) is 2.38. The molecule has 0 fully saturated rings.